The Morgan fingerprint density at radius 1 is 1.00 bits per heavy atom. The zero-order valence-electron chi connectivity index (χ0n) is 17.2. The van der Waals surface area contributed by atoms with E-state index in [2.05, 4.69) is 4.72 Å². The van der Waals surface area contributed by atoms with Gasteiger partial charge in [-0.1, -0.05) is 30.3 Å². The number of carbonyl (C=O) groups excluding carboxylic acids is 1. The molecule has 1 amide bonds. The van der Waals surface area contributed by atoms with Gasteiger partial charge in [-0.2, -0.15) is 0 Å². The summed E-state index contributed by atoms with van der Waals surface area (Å²) in [5, 5.41) is 0. The Kier molecular flexibility index (Phi) is 5.56. The number of hydrogen-bond acceptors (Lipinski definition) is 5. The van der Waals surface area contributed by atoms with Crippen LogP contribution in [-0.2, 0) is 15.8 Å². The molecule has 160 valence electrons. The number of benzene rings is 3. The minimum absolute atomic E-state index is 0.256. The highest BCUT2D eigenvalue weighted by Crippen LogP contribution is 2.39. The van der Waals surface area contributed by atoms with Crippen LogP contribution in [0.1, 0.15) is 22.8 Å². The molecule has 1 N–H and O–H groups in total. The zero-order valence-corrected chi connectivity index (χ0v) is 18.0. The number of anilines is 2. The number of ether oxygens (including phenoxy) is 2. The second-order valence-electron chi connectivity index (χ2n) is 7.00. The van der Waals surface area contributed by atoms with Gasteiger partial charge in [0.1, 0.15) is 11.5 Å². The first-order chi connectivity index (χ1) is 14.9. The predicted molar refractivity (Wildman–Crippen MR) is 120 cm³/mol. The number of carbonyl (C=O) groups is 1. The van der Waals surface area contributed by atoms with Crippen molar-refractivity contribution >= 4 is 27.3 Å². The van der Waals surface area contributed by atoms with Crippen LogP contribution in [0, 0.1) is 0 Å². The largest absolute Gasteiger partial charge is 0.496 e. The van der Waals surface area contributed by atoms with E-state index in [0.717, 1.165) is 0 Å². The van der Waals surface area contributed by atoms with E-state index in [1.165, 1.54) is 13.2 Å². The third-order valence-electron chi connectivity index (χ3n) is 4.96. The molecule has 8 heteroatoms. The highest BCUT2D eigenvalue weighted by molar-refractivity contribution is 7.91. The highest BCUT2D eigenvalue weighted by atomic mass is 32.2. The molecule has 1 aliphatic rings. The van der Waals surface area contributed by atoms with Gasteiger partial charge in [0, 0.05) is 17.8 Å². The number of para-hydroxylation sites is 3. The summed E-state index contributed by atoms with van der Waals surface area (Å²) in [5.41, 5.74) is 1.78. The second-order valence-corrected chi connectivity index (χ2v) is 8.73. The van der Waals surface area contributed by atoms with E-state index in [1.807, 2.05) is 25.1 Å². The van der Waals surface area contributed by atoms with Crippen LogP contribution in [0.25, 0.3) is 0 Å². The molecule has 0 spiro atoms. The summed E-state index contributed by atoms with van der Waals surface area (Å²) in [5.74, 6) is 0.926. The van der Waals surface area contributed by atoms with Crippen molar-refractivity contribution in [2.24, 2.45) is 0 Å². The van der Waals surface area contributed by atoms with E-state index in [9.17, 15) is 13.2 Å². The van der Waals surface area contributed by atoms with Gasteiger partial charge >= 0.3 is 0 Å². The first kappa shape index (κ1) is 20.7. The van der Waals surface area contributed by atoms with Gasteiger partial charge in [0.15, 0.2) is 5.75 Å². The SMILES string of the molecule is CCN1C(=O)c2cc(NS(=O)(=O)Cc3ccccc3OC)ccc2Oc2ccccc21. The molecule has 0 unspecified atom stereocenters. The summed E-state index contributed by atoms with van der Waals surface area (Å²) in [6.07, 6.45) is 0. The molecule has 0 bridgehead atoms. The van der Waals surface area contributed by atoms with Crippen LogP contribution < -0.4 is 19.1 Å². The molecule has 1 aliphatic heterocycles. The van der Waals surface area contributed by atoms with Crippen molar-refractivity contribution < 1.29 is 22.7 Å². The van der Waals surface area contributed by atoms with Gasteiger partial charge in [0.05, 0.1) is 24.1 Å². The standard InChI is InChI=1S/C23H22N2O5S/c1-3-25-19-9-5-7-11-22(19)30-21-13-12-17(14-18(21)23(25)26)24-31(27,28)15-16-8-4-6-10-20(16)29-2/h4-14,24H,3,15H2,1-2H3. The maximum atomic E-state index is 13.2. The van der Waals surface area contributed by atoms with Crippen molar-refractivity contribution in [2.75, 3.05) is 23.3 Å². The van der Waals surface area contributed by atoms with Crippen LogP contribution in [0.15, 0.2) is 66.7 Å². The van der Waals surface area contributed by atoms with Crippen molar-refractivity contribution in [1.29, 1.82) is 0 Å². The quantitative estimate of drug-likeness (QED) is 0.616. The van der Waals surface area contributed by atoms with Crippen molar-refractivity contribution in [3.05, 3.63) is 77.9 Å². The van der Waals surface area contributed by atoms with E-state index in [-0.39, 0.29) is 22.9 Å². The fraction of sp³-hybridized carbons (Fsp3) is 0.174. The normalized spacial score (nSPS) is 13.0. The van der Waals surface area contributed by atoms with Gasteiger partial charge in [-0.3, -0.25) is 9.52 Å². The Balaban J connectivity index is 1.64. The lowest BCUT2D eigenvalue weighted by molar-refractivity contribution is 0.0988. The molecule has 0 aliphatic carbocycles. The van der Waals surface area contributed by atoms with Crippen LogP contribution in [0.3, 0.4) is 0 Å². The van der Waals surface area contributed by atoms with Crippen LogP contribution in [0.4, 0.5) is 11.4 Å². The van der Waals surface area contributed by atoms with Crippen molar-refractivity contribution in [2.45, 2.75) is 12.7 Å². The van der Waals surface area contributed by atoms with E-state index < -0.39 is 10.0 Å². The smallest absolute Gasteiger partial charge is 0.262 e. The minimum atomic E-state index is -3.74. The molecule has 0 fully saturated rings. The number of nitrogens with zero attached hydrogens (tertiary/aromatic N) is 1. The molecular formula is C23H22N2O5S. The van der Waals surface area contributed by atoms with Crippen molar-refractivity contribution in [1.82, 2.24) is 0 Å². The molecular weight excluding hydrogens is 416 g/mol. The molecule has 0 aromatic heterocycles. The summed E-state index contributed by atoms with van der Waals surface area (Å²) in [4.78, 5) is 14.8. The third kappa shape index (κ3) is 4.20. The molecule has 0 atom stereocenters. The predicted octanol–water partition coefficient (Wildman–Crippen LogP) is 4.41. The molecule has 7 nitrogen and oxygen atoms in total. The van der Waals surface area contributed by atoms with Crippen molar-refractivity contribution in [3.8, 4) is 17.2 Å². The summed E-state index contributed by atoms with van der Waals surface area (Å²) in [6, 6.07) is 18.9. The molecule has 0 saturated heterocycles. The van der Waals surface area contributed by atoms with Crippen LogP contribution in [0.2, 0.25) is 0 Å². The Labute approximate surface area is 181 Å². The van der Waals surface area contributed by atoms with E-state index >= 15 is 0 Å². The average molecular weight is 439 g/mol. The Morgan fingerprint density at radius 3 is 2.52 bits per heavy atom. The van der Waals surface area contributed by atoms with Gasteiger partial charge in [0.25, 0.3) is 5.91 Å². The van der Waals surface area contributed by atoms with Crippen LogP contribution in [-0.4, -0.2) is 28.0 Å². The number of nitrogens with one attached hydrogen (secondary N) is 1. The van der Waals surface area contributed by atoms with Gasteiger partial charge in [-0.25, -0.2) is 8.42 Å². The van der Waals surface area contributed by atoms with Gasteiger partial charge < -0.3 is 14.4 Å². The van der Waals surface area contributed by atoms with Crippen LogP contribution >= 0.6 is 0 Å². The number of rotatable bonds is 6. The minimum Gasteiger partial charge on any atom is -0.496 e. The second kappa shape index (κ2) is 8.31. The summed E-state index contributed by atoms with van der Waals surface area (Å²) >= 11 is 0. The Morgan fingerprint density at radius 2 is 1.74 bits per heavy atom. The van der Waals surface area contributed by atoms with Gasteiger partial charge in [-0.05, 0) is 43.3 Å². The Hall–Kier alpha value is -3.52. The molecule has 3 aromatic carbocycles. The Bertz CT molecular complexity index is 1240. The first-order valence-corrected chi connectivity index (χ1v) is 11.4. The maximum absolute atomic E-state index is 13.2. The lowest BCUT2D eigenvalue weighted by Gasteiger charge is -2.20. The summed E-state index contributed by atoms with van der Waals surface area (Å²) < 4.78 is 39.3. The number of hydrogen-bond donors (Lipinski definition) is 1. The number of fused-ring (bicyclic) bond motifs is 2. The van der Waals surface area contributed by atoms with E-state index in [1.54, 1.807) is 47.4 Å². The zero-order chi connectivity index (χ0) is 22.0. The van der Waals surface area contributed by atoms with E-state index in [0.29, 0.717) is 35.0 Å². The number of sulfonamides is 1. The average Bonchev–Trinajstić information content (AvgIpc) is 2.87. The fourth-order valence-electron chi connectivity index (χ4n) is 3.55. The molecule has 31 heavy (non-hydrogen) atoms. The number of amides is 1. The molecule has 4 rings (SSSR count). The number of methoxy groups -OCH3 is 1. The fourth-order valence-corrected chi connectivity index (χ4v) is 4.75. The molecule has 0 saturated carbocycles. The van der Waals surface area contributed by atoms with Gasteiger partial charge in [0.2, 0.25) is 10.0 Å². The topological polar surface area (TPSA) is 84.9 Å². The lowest BCUT2D eigenvalue weighted by Crippen LogP contribution is -2.29. The lowest BCUT2D eigenvalue weighted by atomic mass is 10.1. The third-order valence-corrected chi connectivity index (χ3v) is 6.20. The van der Waals surface area contributed by atoms with Crippen LogP contribution in [0.5, 0.6) is 17.2 Å². The molecule has 1 heterocycles. The van der Waals surface area contributed by atoms with Crippen molar-refractivity contribution in [3.63, 3.8) is 0 Å². The first-order valence-electron chi connectivity index (χ1n) is 9.77. The summed E-state index contributed by atoms with van der Waals surface area (Å²) in [6.45, 7) is 2.32. The van der Waals surface area contributed by atoms with Gasteiger partial charge in [-0.15, -0.1) is 0 Å². The maximum Gasteiger partial charge on any atom is 0.262 e. The highest BCUT2D eigenvalue weighted by Gasteiger charge is 2.27. The monoisotopic (exact) mass is 438 g/mol. The summed E-state index contributed by atoms with van der Waals surface area (Å²) in [7, 11) is -2.25. The molecule has 3 aromatic rings. The van der Waals surface area contributed by atoms with E-state index in [4.69, 9.17) is 9.47 Å². The molecule has 0 radical (unpaired) electrons.